The molecule has 150 valence electrons. The molecule has 29 heavy (non-hydrogen) atoms. The van der Waals surface area contributed by atoms with Gasteiger partial charge in [0, 0.05) is 36.2 Å². The first-order valence-electron chi connectivity index (χ1n) is 8.16. The van der Waals surface area contributed by atoms with Crippen LogP contribution < -0.4 is 10.2 Å². The number of nitro groups is 1. The quantitative estimate of drug-likeness (QED) is 0.431. The molecule has 0 bridgehead atoms. The van der Waals surface area contributed by atoms with E-state index in [0.29, 0.717) is 11.3 Å². The molecule has 0 saturated heterocycles. The Morgan fingerprint density at radius 2 is 1.93 bits per heavy atom. The average Bonchev–Trinajstić information content (AvgIpc) is 2.70. The number of anilines is 1. The summed E-state index contributed by atoms with van der Waals surface area (Å²) in [5, 5.41) is 13.7. The molecule has 0 spiro atoms. The van der Waals surface area contributed by atoms with Crippen LogP contribution in [0, 0.1) is 22.5 Å². The van der Waals surface area contributed by atoms with Gasteiger partial charge in [-0.1, -0.05) is 12.0 Å². The molecule has 2 aromatic carbocycles. The first-order chi connectivity index (χ1) is 13.6. The van der Waals surface area contributed by atoms with E-state index in [1.165, 1.54) is 13.1 Å². The Balaban J connectivity index is 2.59. The van der Waals surface area contributed by atoms with E-state index >= 15 is 0 Å². The van der Waals surface area contributed by atoms with Gasteiger partial charge in [-0.05, 0) is 30.3 Å². The summed E-state index contributed by atoms with van der Waals surface area (Å²) in [4.78, 5) is 36.0. The number of sulfone groups is 1. The van der Waals surface area contributed by atoms with E-state index in [1.807, 2.05) is 0 Å². The molecule has 2 aromatic rings. The summed E-state index contributed by atoms with van der Waals surface area (Å²) < 4.78 is 23.6. The fourth-order valence-corrected chi connectivity index (χ4v) is 3.36. The standard InChI is InChI=1S/C19H17N3O6S/c1-4-13-6-5-7-15(10-13)21(12-18(23)20-2)19(24)14-8-9-17(29(3,27)28)16(11-14)22(25)26/h1,5-11H,12H2,2-3H3,(H,20,23). The number of nitro benzene ring substituents is 1. The van der Waals surface area contributed by atoms with Crippen molar-refractivity contribution < 1.29 is 22.9 Å². The summed E-state index contributed by atoms with van der Waals surface area (Å²) in [7, 11) is -2.48. The molecule has 9 nitrogen and oxygen atoms in total. The van der Waals surface area contributed by atoms with Crippen LogP contribution in [-0.2, 0) is 14.6 Å². The van der Waals surface area contributed by atoms with Crippen molar-refractivity contribution in [1.29, 1.82) is 0 Å². The third-order valence-corrected chi connectivity index (χ3v) is 5.10. The second-order valence-electron chi connectivity index (χ2n) is 5.97. The second kappa shape index (κ2) is 8.53. The molecule has 0 fully saturated rings. The van der Waals surface area contributed by atoms with Gasteiger partial charge < -0.3 is 5.32 Å². The number of carbonyl (C=O) groups excluding carboxylic acids is 2. The molecule has 0 saturated carbocycles. The van der Waals surface area contributed by atoms with Gasteiger partial charge in [-0.2, -0.15) is 0 Å². The number of benzene rings is 2. The van der Waals surface area contributed by atoms with E-state index in [9.17, 15) is 28.1 Å². The lowest BCUT2D eigenvalue weighted by molar-refractivity contribution is -0.387. The molecule has 2 rings (SSSR count). The minimum absolute atomic E-state index is 0.154. The van der Waals surface area contributed by atoms with Gasteiger partial charge in [0.2, 0.25) is 5.91 Å². The van der Waals surface area contributed by atoms with Crippen LogP contribution in [0.3, 0.4) is 0 Å². The summed E-state index contributed by atoms with van der Waals surface area (Å²) in [6.07, 6.45) is 6.21. The lowest BCUT2D eigenvalue weighted by Crippen LogP contribution is -2.39. The summed E-state index contributed by atoms with van der Waals surface area (Å²) in [5.41, 5.74) is -0.103. The number of rotatable bonds is 6. The van der Waals surface area contributed by atoms with Crippen molar-refractivity contribution in [3.63, 3.8) is 0 Å². The number of likely N-dealkylation sites (N-methyl/N-ethyl adjacent to an activating group) is 1. The van der Waals surface area contributed by atoms with Gasteiger partial charge in [-0.15, -0.1) is 6.42 Å². The zero-order chi connectivity index (χ0) is 21.8. The van der Waals surface area contributed by atoms with Crippen LogP contribution in [0.1, 0.15) is 15.9 Å². The number of nitrogens with zero attached hydrogens (tertiary/aromatic N) is 2. The SMILES string of the molecule is C#Cc1cccc(N(CC(=O)NC)C(=O)c2ccc(S(C)(=O)=O)c([N+](=O)[O-])c2)c1. The van der Waals surface area contributed by atoms with Crippen LogP contribution in [0.25, 0.3) is 0 Å². The second-order valence-corrected chi connectivity index (χ2v) is 7.96. The Labute approximate surface area is 167 Å². The van der Waals surface area contributed by atoms with E-state index in [4.69, 9.17) is 6.42 Å². The van der Waals surface area contributed by atoms with Crippen molar-refractivity contribution in [3.05, 3.63) is 63.7 Å². The van der Waals surface area contributed by atoms with Crippen molar-refractivity contribution in [2.24, 2.45) is 0 Å². The van der Waals surface area contributed by atoms with Crippen LogP contribution >= 0.6 is 0 Å². The van der Waals surface area contributed by atoms with E-state index in [0.717, 1.165) is 29.4 Å². The Morgan fingerprint density at radius 1 is 1.24 bits per heavy atom. The summed E-state index contributed by atoms with van der Waals surface area (Å²) >= 11 is 0. The van der Waals surface area contributed by atoms with Crippen LogP contribution in [0.2, 0.25) is 0 Å². The van der Waals surface area contributed by atoms with Gasteiger partial charge in [-0.25, -0.2) is 8.42 Å². The number of nitrogens with one attached hydrogen (secondary N) is 1. The molecule has 0 unspecified atom stereocenters. The molecule has 1 N–H and O–H groups in total. The van der Waals surface area contributed by atoms with Crippen molar-refractivity contribution in [1.82, 2.24) is 5.32 Å². The van der Waals surface area contributed by atoms with Crippen LogP contribution in [0.15, 0.2) is 47.4 Å². The van der Waals surface area contributed by atoms with Gasteiger partial charge in [0.25, 0.3) is 11.6 Å². The monoisotopic (exact) mass is 415 g/mol. The van der Waals surface area contributed by atoms with Crippen LogP contribution in [0.4, 0.5) is 11.4 Å². The Kier molecular flexibility index (Phi) is 6.35. The molecule has 10 heteroatoms. The molecule has 0 heterocycles. The maximum atomic E-state index is 13.1. The highest BCUT2D eigenvalue weighted by Crippen LogP contribution is 2.27. The topological polar surface area (TPSA) is 127 Å². The molecular weight excluding hydrogens is 398 g/mol. The maximum absolute atomic E-state index is 13.1. The Hall–Kier alpha value is -3.71. The number of hydrogen-bond donors (Lipinski definition) is 1. The summed E-state index contributed by atoms with van der Waals surface area (Å²) in [5.74, 6) is 1.21. The van der Waals surface area contributed by atoms with Gasteiger partial charge in [-0.3, -0.25) is 24.6 Å². The highest BCUT2D eigenvalue weighted by molar-refractivity contribution is 7.90. The minimum atomic E-state index is -3.88. The van der Waals surface area contributed by atoms with E-state index in [2.05, 4.69) is 11.2 Å². The first-order valence-corrected chi connectivity index (χ1v) is 10.0. The first kappa shape index (κ1) is 21.6. The van der Waals surface area contributed by atoms with Gasteiger partial charge >= 0.3 is 0 Å². The lowest BCUT2D eigenvalue weighted by Gasteiger charge is -2.22. The van der Waals surface area contributed by atoms with Crippen LogP contribution in [0.5, 0.6) is 0 Å². The zero-order valence-electron chi connectivity index (χ0n) is 15.6. The molecule has 0 aliphatic carbocycles. The van der Waals surface area contributed by atoms with E-state index in [-0.39, 0.29) is 12.1 Å². The van der Waals surface area contributed by atoms with Gasteiger partial charge in [0.15, 0.2) is 9.84 Å². The number of terminal acetylenes is 1. The highest BCUT2D eigenvalue weighted by atomic mass is 32.2. The van der Waals surface area contributed by atoms with Crippen molar-refractivity contribution in [3.8, 4) is 12.3 Å². The number of amides is 2. The zero-order valence-corrected chi connectivity index (χ0v) is 16.4. The predicted octanol–water partition coefficient (Wildman–Crippen LogP) is 1.37. The fourth-order valence-electron chi connectivity index (χ4n) is 2.53. The van der Waals surface area contributed by atoms with Gasteiger partial charge in [0.05, 0.1) is 4.92 Å². The van der Waals surface area contributed by atoms with Crippen LogP contribution in [-0.4, -0.2) is 45.0 Å². The molecule has 0 aromatic heterocycles. The molecule has 2 amide bonds. The smallest absolute Gasteiger partial charge is 0.288 e. The maximum Gasteiger partial charge on any atom is 0.288 e. The van der Waals surface area contributed by atoms with Crippen molar-refractivity contribution in [2.75, 3.05) is 24.7 Å². The predicted molar refractivity (Wildman–Crippen MR) is 106 cm³/mol. The fraction of sp³-hybridized carbons (Fsp3) is 0.158. The highest BCUT2D eigenvalue weighted by Gasteiger charge is 2.27. The van der Waals surface area contributed by atoms with E-state index < -0.39 is 37.2 Å². The summed E-state index contributed by atoms with van der Waals surface area (Å²) in [6, 6.07) is 9.34. The molecule has 0 aliphatic heterocycles. The lowest BCUT2D eigenvalue weighted by atomic mass is 10.1. The van der Waals surface area contributed by atoms with Crippen molar-refractivity contribution in [2.45, 2.75) is 4.90 Å². The Morgan fingerprint density at radius 3 is 2.48 bits per heavy atom. The normalized spacial score (nSPS) is 10.7. The molecule has 0 aliphatic rings. The summed E-state index contributed by atoms with van der Waals surface area (Å²) in [6.45, 7) is -0.370. The number of carbonyl (C=O) groups is 2. The third kappa shape index (κ3) is 4.97. The average molecular weight is 415 g/mol. The number of hydrogen-bond acceptors (Lipinski definition) is 6. The Bertz CT molecular complexity index is 1130. The van der Waals surface area contributed by atoms with Gasteiger partial charge in [0.1, 0.15) is 11.4 Å². The van der Waals surface area contributed by atoms with E-state index in [1.54, 1.807) is 18.2 Å². The molecule has 0 atom stereocenters. The molecule has 0 radical (unpaired) electrons. The molecular formula is C19H17N3O6S. The minimum Gasteiger partial charge on any atom is -0.358 e. The van der Waals surface area contributed by atoms with Crippen molar-refractivity contribution >= 4 is 33.0 Å². The largest absolute Gasteiger partial charge is 0.358 e. The third-order valence-electron chi connectivity index (χ3n) is 3.95.